The Bertz CT molecular complexity index is 389. The molecule has 0 aromatic carbocycles. The molecule has 0 spiro atoms. The van der Waals surface area contributed by atoms with Gasteiger partial charge in [0.1, 0.15) is 0 Å². The van der Waals surface area contributed by atoms with E-state index in [1.165, 1.54) is 96.3 Å². The summed E-state index contributed by atoms with van der Waals surface area (Å²) < 4.78 is 0. The first-order chi connectivity index (χ1) is 11.7. The summed E-state index contributed by atoms with van der Waals surface area (Å²) in [4.78, 5) is 2.54. The van der Waals surface area contributed by atoms with Crippen molar-refractivity contribution in [2.75, 3.05) is 14.1 Å². The van der Waals surface area contributed by atoms with Gasteiger partial charge in [0.2, 0.25) is 0 Å². The number of hydrogen-bond donors (Lipinski definition) is 0. The first kappa shape index (κ1) is 18.5. The second-order valence-electron chi connectivity index (χ2n) is 9.25. The molecule has 0 aromatic rings. The highest BCUT2D eigenvalue weighted by molar-refractivity contribution is 5.11. The maximum Gasteiger partial charge on any atom is 0.00921 e. The molecule has 2 saturated carbocycles. The molecule has 1 heteroatoms. The van der Waals surface area contributed by atoms with Gasteiger partial charge in [-0.15, -0.1) is 0 Å². The molecule has 3 aliphatic rings. The van der Waals surface area contributed by atoms with Crippen LogP contribution < -0.4 is 0 Å². The van der Waals surface area contributed by atoms with Crippen molar-refractivity contribution in [2.24, 2.45) is 17.8 Å². The lowest BCUT2D eigenvalue weighted by Crippen LogP contribution is -2.31. The summed E-state index contributed by atoms with van der Waals surface area (Å²) in [6.07, 6.45) is 24.7. The lowest BCUT2D eigenvalue weighted by atomic mass is 9.74. The van der Waals surface area contributed by atoms with E-state index in [0.717, 1.165) is 23.8 Å². The van der Waals surface area contributed by atoms with Crippen LogP contribution >= 0.6 is 0 Å². The summed E-state index contributed by atoms with van der Waals surface area (Å²) in [5.74, 6) is 2.94. The smallest absolute Gasteiger partial charge is 0.00921 e. The molecule has 0 saturated heterocycles. The van der Waals surface area contributed by atoms with Gasteiger partial charge in [-0.3, -0.25) is 0 Å². The third-order valence-electron chi connectivity index (χ3n) is 7.41. The second-order valence-corrected chi connectivity index (χ2v) is 9.25. The van der Waals surface area contributed by atoms with E-state index in [0.29, 0.717) is 0 Å². The van der Waals surface area contributed by atoms with Crippen LogP contribution in [-0.4, -0.2) is 25.0 Å². The van der Waals surface area contributed by atoms with Crippen molar-refractivity contribution < 1.29 is 0 Å². The van der Waals surface area contributed by atoms with Crippen LogP contribution in [-0.2, 0) is 0 Å². The molecule has 0 aromatic heterocycles. The van der Waals surface area contributed by atoms with Crippen LogP contribution in [0.3, 0.4) is 0 Å². The summed E-state index contributed by atoms with van der Waals surface area (Å²) in [7, 11) is 4.64. The van der Waals surface area contributed by atoms with Gasteiger partial charge in [-0.1, -0.05) is 56.6 Å². The van der Waals surface area contributed by atoms with Gasteiger partial charge in [0.15, 0.2) is 0 Å². The molecule has 2 fully saturated rings. The van der Waals surface area contributed by atoms with Crippen LogP contribution in [0.2, 0.25) is 0 Å². The Balaban J connectivity index is 1.71. The molecule has 0 radical (unpaired) electrons. The monoisotopic (exact) mass is 331 g/mol. The predicted octanol–water partition coefficient (Wildman–Crippen LogP) is 6.58. The van der Waals surface area contributed by atoms with Crippen molar-refractivity contribution in [2.45, 2.75) is 102 Å². The van der Waals surface area contributed by atoms with Crippen LogP contribution in [0, 0.1) is 17.8 Å². The lowest BCUT2D eigenvalue weighted by Gasteiger charge is -2.33. The molecule has 24 heavy (non-hydrogen) atoms. The van der Waals surface area contributed by atoms with Gasteiger partial charge in [0, 0.05) is 6.04 Å². The zero-order valence-electron chi connectivity index (χ0n) is 16.4. The topological polar surface area (TPSA) is 3.24 Å². The Morgan fingerprint density at radius 1 is 0.750 bits per heavy atom. The normalized spacial score (nSPS) is 34.3. The van der Waals surface area contributed by atoms with E-state index in [9.17, 15) is 0 Å². The van der Waals surface area contributed by atoms with Crippen molar-refractivity contribution in [3.8, 4) is 0 Å². The fourth-order valence-corrected chi connectivity index (χ4v) is 5.82. The highest BCUT2D eigenvalue weighted by atomic mass is 15.1. The molecule has 3 unspecified atom stereocenters. The Morgan fingerprint density at radius 2 is 1.50 bits per heavy atom. The number of rotatable bonds is 3. The summed E-state index contributed by atoms with van der Waals surface area (Å²) in [6, 6.07) is 0.828. The number of allylic oxidation sites excluding steroid dienone is 2. The molecular weight excluding hydrogens is 290 g/mol. The minimum absolute atomic E-state index is 0.828. The third kappa shape index (κ3) is 5.10. The predicted molar refractivity (Wildman–Crippen MR) is 105 cm³/mol. The van der Waals surface area contributed by atoms with Crippen molar-refractivity contribution in [3.05, 3.63) is 11.6 Å². The molecule has 0 N–H and O–H groups in total. The van der Waals surface area contributed by atoms with E-state index < -0.39 is 0 Å². The van der Waals surface area contributed by atoms with Crippen molar-refractivity contribution in [1.29, 1.82) is 0 Å². The molecule has 3 rings (SSSR count). The van der Waals surface area contributed by atoms with Gasteiger partial charge in [0.25, 0.3) is 0 Å². The number of nitrogens with zero attached hydrogens (tertiary/aromatic N) is 1. The average Bonchev–Trinajstić information content (AvgIpc) is 2.79. The van der Waals surface area contributed by atoms with Crippen LogP contribution in [0.25, 0.3) is 0 Å². The molecule has 3 aliphatic carbocycles. The van der Waals surface area contributed by atoms with Gasteiger partial charge in [-0.05, 0) is 83.2 Å². The van der Waals surface area contributed by atoms with E-state index in [1.54, 1.807) is 0 Å². The third-order valence-corrected chi connectivity index (χ3v) is 7.41. The molecular formula is C23H41N. The summed E-state index contributed by atoms with van der Waals surface area (Å²) >= 11 is 0. The highest BCUT2D eigenvalue weighted by Crippen LogP contribution is 2.42. The average molecular weight is 332 g/mol. The number of hydrogen-bond acceptors (Lipinski definition) is 1. The van der Waals surface area contributed by atoms with Gasteiger partial charge in [-0.25, -0.2) is 0 Å². The molecule has 0 heterocycles. The molecule has 3 atom stereocenters. The van der Waals surface area contributed by atoms with Gasteiger partial charge in [-0.2, -0.15) is 0 Å². The van der Waals surface area contributed by atoms with E-state index in [1.807, 2.05) is 5.57 Å². The highest BCUT2D eigenvalue weighted by Gasteiger charge is 2.33. The summed E-state index contributed by atoms with van der Waals surface area (Å²) in [6.45, 7) is 0. The first-order valence-corrected chi connectivity index (χ1v) is 11.1. The zero-order valence-corrected chi connectivity index (χ0v) is 16.4. The maximum absolute atomic E-state index is 2.64. The molecule has 0 bridgehead atoms. The minimum atomic E-state index is 0.828. The quantitative estimate of drug-likeness (QED) is 0.417. The van der Waals surface area contributed by atoms with E-state index in [2.05, 4.69) is 25.1 Å². The van der Waals surface area contributed by atoms with E-state index in [4.69, 9.17) is 0 Å². The largest absolute Gasteiger partial charge is 0.306 e. The van der Waals surface area contributed by atoms with Gasteiger partial charge < -0.3 is 4.90 Å². The molecule has 0 amide bonds. The van der Waals surface area contributed by atoms with Crippen molar-refractivity contribution >= 4 is 0 Å². The van der Waals surface area contributed by atoms with Crippen LogP contribution in [0.1, 0.15) is 96.3 Å². The van der Waals surface area contributed by atoms with Crippen LogP contribution in [0.15, 0.2) is 11.6 Å². The SMILES string of the molecule is CN(C)C1CCC(C2=CCCCC2)CC(C2CCCCCCC2)C1. The summed E-state index contributed by atoms with van der Waals surface area (Å²) in [5.41, 5.74) is 1.86. The van der Waals surface area contributed by atoms with E-state index in [-0.39, 0.29) is 0 Å². The first-order valence-electron chi connectivity index (χ1n) is 11.1. The lowest BCUT2D eigenvalue weighted by molar-refractivity contribution is 0.182. The molecule has 0 aliphatic heterocycles. The fourth-order valence-electron chi connectivity index (χ4n) is 5.82. The minimum Gasteiger partial charge on any atom is -0.306 e. The standard InChI is InChI=1S/C23H41N/c1-24(2)23-16-15-21(19-11-9-6-10-12-19)17-22(18-23)20-13-7-4-3-5-8-14-20/h11,20-23H,3-10,12-18H2,1-2H3. The maximum atomic E-state index is 2.64. The van der Waals surface area contributed by atoms with Crippen LogP contribution in [0.5, 0.6) is 0 Å². The van der Waals surface area contributed by atoms with Gasteiger partial charge in [0.05, 0.1) is 0 Å². The van der Waals surface area contributed by atoms with E-state index >= 15 is 0 Å². The summed E-state index contributed by atoms with van der Waals surface area (Å²) in [5, 5.41) is 0. The van der Waals surface area contributed by atoms with Crippen molar-refractivity contribution in [3.63, 3.8) is 0 Å². The van der Waals surface area contributed by atoms with Crippen molar-refractivity contribution in [1.82, 2.24) is 4.90 Å². The zero-order chi connectivity index (χ0) is 16.8. The van der Waals surface area contributed by atoms with Crippen LogP contribution in [0.4, 0.5) is 0 Å². The molecule has 1 nitrogen and oxygen atoms in total. The second kappa shape index (κ2) is 9.41. The Labute approximate surface area is 151 Å². The Hall–Kier alpha value is -0.300. The Morgan fingerprint density at radius 3 is 2.17 bits per heavy atom. The Kier molecular flexibility index (Phi) is 7.25. The molecule has 138 valence electrons. The fraction of sp³-hybridized carbons (Fsp3) is 0.913. The van der Waals surface area contributed by atoms with Gasteiger partial charge >= 0.3 is 0 Å².